The van der Waals surface area contributed by atoms with Crippen molar-refractivity contribution in [1.82, 2.24) is 9.97 Å². The predicted molar refractivity (Wildman–Crippen MR) is 63.8 cm³/mol. The normalized spacial score (nSPS) is 12.2. The van der Waals surface area contributed by atoms with Crippen LogP contribution in [-0.2, 0) is 0 Å². The molecule has 2 rings (SSSR count). The van der Waals surface area contributed by atoms with Crippen LogP contribution >= 0.6 is 0 Å². The van der Waals surface area contributed by atoms with Gasteiger partial charge in [0.05, 0.1) is 12.8 Å². The van der Waals surface area contributed by atoms with Crippen LogP contribution in [0.25, 0.3) is 0 Å². The summed E-state index contributed by atoms with van der Waals surface area (Å²) < 4.78 is 18.6. The fraction of sp³-hybridized carbons (Fsp3) is 0.231. The number of benzene rings is 1. The van der Waals surface area contributed by atoms with E-state index in [-0.39, 0.29) is 5.56 Å². The van der Waals surface area contributed by atoms with Gasteiger partial charge in [0.25, 0.3) is 0 Å². The molecule has 1 heterocycles. The maximum Gasteiger partial charge on any atom is 0.216 e. The molecule has 0 aliphatic carbocycles. The van der Waals surface area contributed by atoms with Gasteiger partial charge in [-0.25, -0.2) is 14.4 Å². The monoisotopic (exact) mass is 248 g/mol. The molecule has 0 radical (unpaired) electrons. The van der Waals surface area contributed by atoms with E-state index in [0.29, 0.717) is 11.6 Å². The van der Waals surface area contributed by atoms with Gasteiger partial charge in [0.15, 0.2) is 0 Å². The first-order valence-electron chi connectivity index (χ1n) is 5.42. The van der Waals surface area contributed by atoms with Crippen LogP contribution in [0.3, 0.4) is 0 Å². The molecule has 5 heteroatoms. The highest BCUT2D eigenvalue weighted by Gasteiger charge is 2.17. The zero-order chi connectivity index (χ0) is 13.1. The first kappa shape index (κ1) is 12.4. The fourth-order valence-corrected chi connectivity index (χ4v) is 1.65. The Morgan fingerprint density at radius 2 is 2.06 bits per heavy atom. The summed E-state index contributed by atoms with van der Waals surface area (Å²) >= 11 is 0. The van der Waals surface area contributed by atoms with Gasteiger partial charge in [-0.3, -0.25) is 0 Å². The summed E-state index contributed by atoms with van der Waals surface area (Å²) in [5.41, 5.74) is 1.36. The Hall–Kier alpha value is -2.01. The molecule has 1 atom stereocenters. The minimum Gasteiger partial charge on any atom is -0.481 e. The zero-order valence-corrected chi connectivity index (χ0v) is 10.1. The highest BCUT2D eigenvalue weighted by Crippen LogP contribution is 2.25. The summed E-state index contributed by atoms with van der Waals surface area (Å²) in [5, 5.41) is 10.1. The third-order valence-electron chi connectivity index (χ3n) is 2.60. The summed E-state index contributed by atoms with van der Waals surface area (Å²) in [7, 11) is 1.46. The Morgan fingerprint density at radius 1 is 1.28 bits per heavy atom. The SMILES string of the molecule is COc1cc(C(O)c2cc(C)ccc2F)ncn1. The van der Waals surface area contributed by atoms with Gasteiger partial charge < -0.3 is 9.84 Å². The van der Waals surface area contributed by atoms with E-state index in [0.717, 1.165) is 5.56 Å². The molecule has 0 aliphatic rings. The summed E-state index contributed by atoms with van der Waals surface area (Å²) in [4.78, 5) is 7.76. The molecule has 2 aromatic rings. The molecule has 0 amide bonds. The molecule has 4 nitrogen and oxygen atoms in total. The van der Waals surface area contributed by atoms with E-state index in [2.05, 4.69) is 9.97 Å². The number of aryl methyl sites for hydroxylation is 1. The molecular weight excluding hydrogens is 235 g/mol. The molecule has 0 spiro atoms. The van der Waals surface area contributed by atoms with Gasteiger partial charge in [-0.2, -0.15) is 0 Å². The van der Waals surface area contributed by atoms with Crippen LogP contribution in [0, 0.1) is 12.7 Å². The molecule has 18 heavy (non-hydrogen) atoms. The molecule has 0 saturated heterocycles. The Bertz CT molecular complexity index is 560. The van der Waals surface area contributed by atoms with E-state index in [1.807, 2.05) is 6.92 Å². The van der Waals surface area contributed by atoms with Crippen molar-refractivity contribution in [2.24, 2.45) is 0 Å². The first-order chi connectivity index (χ1) is 8.61. The van der Waals surface area contributed by atoms with Crippen molar-refractivity contribution in [1.29, 1.82) is 0 Å². The Labute approximate surface area is 104 Å². The van der Waals surface area contributed by atoms with E-state index < -0.39 is 11.9 Å². The highest BCUT2D eigenvalue weighted by molar-refractivity contribution is 5.31. The van der Waals surface area contributed by atoms with Gasteiger partial charge in [0.2, 0.25) is 5.88 Å². The van der Waals surface area contributed by atoms with E-state index >= 15 is 0 Å². The van der Waals surface area contributed by atoms with Crippen LogP contribution in [-0.4, -0.2) is 22.2 Å². The number of hydrogen-bond acceptors (Lipinski definition) is 4. The minimum atomic E-state index is -1.14. The van der Waals surface area contributed by atoms with E-state index in [4.69, 9.17) is 4.74 Å². The van der Waals surface area contributed by atoms with Crippen LogP contribution in [0.2, 0.25) is 0 Å². The fourth-order valence-electron chi connectivity index (χ4n) is 1.65. The largest absolute Gasteiger partial charge is 0.481 e. The summed E-state index contributed by atoms with van der Waals surface area (Å²) in [6, 6.07) is 6.04. The minimum absolute atomic E-state index is 0.191. The van der Waals surface area contributed by atoms with Crippen molar-refractivity contribution in [3.63, 3.8) is 0 Å². The van der Waals surface area contributed by atoms with Gasteiger partial charge >= 0.3 is 0 Å². The van der Waals surface area contributed by atoms with Gasteiger partial charge in [-0.05, 0) is 13.0 Å². The number of hydrogen-bond donors (Lipinski definition) is 1. The zero-order valence-electron chi connectivity index (χ0n) is 10.1. The molecule has 94 valence electrons. The Balaban J connectivity index is 2.40. The van der Waals surface area contributed by atoms with E-state index in [9.17, 15) is 9.50 Å². The maximum atomic E-state index is 13.7. The Kier molecular flexibility index (Phi) is 3.53. The van der Waals surface area contributed by atoms with Crippen LogP contribution < -0.4 is 4.74 Å². The number of nitrogens with zero attached hydrogens (tertiary/aromatic N) is 2. The van der Waals surface area contributed by atoms with E-state index in [1.54, 1.807) is 12.1 Å². The summed E-state index contributed by atoms with van der Waals surface area (Å²) in [5.74, 6) is -0.141. The number of rotatable bonds is 3. The predicted octanol–water partition coefficient (Wildman–Crippen LogP) is 2.01. The van der Waals surface area contributed by atoms with E-state index in [1.165, 1.54) is 25.6 Å². The third kappa shape index (κ3) is 2.46. The maximum absolute atomic E-state index is 13.7. The van der Waals surface area contributed by atoms with Crippen LogP contribution in [0.15, 0.2) is 30.6 Å². The molecule has 1 unspecified atom stereocenters. The quantitative estimate of drug-likeness (QED) is 0.902. The number of aromatic nitrogens is 2. The van der Waals surface area contributed by atoms with Gasteiger partial charge in [-0.1, -0.05) is 17.7 Å². The van der Waals surface area contributed by atoms with Crippen molar-refractivity contribution in [3.8, 4) is 5.88 Å². The number of halogens is 1. The molecule has 0 fully saturated rings. The molecule has 0 bridgehead atoms. The number of aliphatic hydroxyl groups is 1. The van der Waals surface area contributed by atoms with Crippen LogP contribution in [0.5, 0.6) is 5.88 Å². The molecule has 1 N–H and O–H groups in total. The molecular formula is C13H13FN2O2. The molecule has 0 saturated carbocycles. The van der Waals surface area contributed by atoms with Crippen molar-refractivity contribution in [2.75, 3.05) is 7.11 Å². The number of aliphatic hydroxyl groups excluding tert-OH is 1. The number of methoxy groups -OCH3 is 1. The lowest BCUT2D eigenvalue weighted by molar-refractivity contribution is 0.209. The molecule has 0 aliphatic heterocycles. The number of ether oxygens (including phenoxy) is 1. The average molecular weight is 248 g/mol. The first-order valence-corrected chi connectivity index (χ1v) is 5.42. The summed E-state index contributed by atoms with van der Waals surface area (Å²) in [6.07, 6.45) is 0.132. The van der Waals surface area contributed by atoms with Gasteiger partial charge in [-0.15, -0.1) is 0 Å². The van der Waals surface area contributed by atoms with Crippen molar-refractivity contribution in [2.45, 2.75) is 13.0 Å². The van der Waals surface area contributed by atoms with Crippen LogP contribution in [0.4, 0.5) is 4.39 Å². The van der Waals surface area contributed by atoms with Gasteiger partial charge in [0, 0.05) is 11.6 Å². The average Bonchev–Trinajstić information content (AvgIpc) is 2.41. The molecule has 1 aromatic carbocycles. The second kappa shape index (κ2) is 5.10. The van der Waals surface area contributed by atoms with Crippen molar-refractivity contribution >= 4 is 0 Å². The topological polar surface area (TPSA) is 55.2 Å². The lowest BCUT2D eigenvalue weighted by Gasteiger charge is -2.12. The lowest BCUT2D eigenvalue weighted by atomic mass is 10.0. The molecule has 1 aromatic heterocycles. The van der Waals surface area contributed by atoms with Gasteiger partial charge in [0.1, 0.15) is 18.2 Å². The van der Waals surface area contributed by atoms with Crippen molar-refractivity contribution < 1.29 is 14.2 Å². The second-order valence-corrected chi connectivity index (χ2v) is 3.91. The smallest absolute Gasteiger partial charge is 0.216 e. The lowest BCUT2D eigenvalue weighted by Crippen LogP contribution is -2.06. The Morgan fingerprint density at radius 3 is 2.78 bits per heavy atom. The standard InChI is InChI=1S/C13H13FN2O2/c1-8-3-4-10(14)9(5-8)13(17)11-6-12(18-2)16-7-15-11/h3-7,13,17H,1-2H3. The second-order valence-electron chi connectivity index (χ2n) is 3.91. The van der Waals surface area contributed by atoms with Crippen molar-refractivity contribution in [3.05, 3.63) is 53.2 Å². The summed E-state index contributed by atoms with van der Waals surface area (Å²) in [6.45, 7) is 1.83. The van der Waals surface area contributed by atoms with Crippen LogP contribution in [0.1, 0.15) is 22.9 Å². The third-order valence-corrected chi connectivity index (χ3v) is 2.60. The highest BCUT2D eigenvalue weighted by atomic mass is 19.1.